The van der Waals surface area contributed by atoms with E-state index in [-0.39, 0.29) is 5.69 Å². The van der Waals surface area contributed by atoms with Crippen molar-refractivity contribution in [3.63, 3.8) is 0 Å². The molecule has 1 aromatic rings. The third-order valence-corrected chi connectivity index (χ3v) is 3.24. The fourth-order valence-corrected chi connectivity index (χ4v) is 2.10. The molecule has 1 aliphatic carbocycles. The highest BCUT2D eigenvalue weighted by molar-refractivity contribution is 5.68. The normalized spacial score (nSPS) is 15.9. The van der Waals surface area contributed by atoms with E-state index < -0.39 is 11.6 Å². The molecule has 0 radical (unpaired) electrons. The van der Waals surface area contributed by atoms with E-state index in [1.54, 1.807) is 11.9 Å². The highest BCUT2D eigenvalue weighted by Crippen LogP contribution is 2.32. The van der Waals surface area contributed by atoms with Gasteiger partial charge < -0.3 is 10.6 Å². The van der Waals surface area contributed by atoms with E-state index in [1.165, 1.54) is 25.3 Å². The predicted molar refractivity (Wildman–Crippen MR) is 61.4 cm³/mol. The Morgan fingerprint density at radius 2 is 2.06 bits per heavy atom. The van der Waals surface area contributed by atoms with Gasteiger partial charge in [-0.2, -0.15) is 0 Å². The van der Waals surface area contributed by atoms with Crippen molar-refractivity contribution in [2.75, 3.05) is 24.2 Å². The number of rotatable bonds is 3. The van der Waals surface area contributed by atoms with E-state index in [1.807, 2.05) is 0 Å². The van der Waals surface area contributed by atoms with Crippen LogP contribution in [0.25, 0.3) is 0 Å². The molecular formula is C12H16F2N2. The molecule has 0 heterocycles. The zero-order valence-electron chi connectivity index (χ0n) is 9.34. The lowest BCUT2D eigenvalue weighted by Gasteiger charge is -2.32. The van der Waals surface area contributed by atoms with Crippen LogP contribution in [-0.2, 0) is 0 Å². The highest BCUT2D eigenvalue weighted by atomic mass is 19.2. The zero-order valence-corrected chi connectivity index (χ0v) is 9.34. The van der Waals surface area contributed by atoms with Crippen LogP contribution in [0.5, 0.6) is 0 Å². The van der Waals surface area contributed by atoms with E-state index in [9.17, 15) is 8.78 Å². The molecule has 2 rings (SSSR count). The Kier molecular flexibility index (Phi) is 2.99. The maximum absolute atomic E-state index is 13.6. The van der Waals surface area contributed by atoms with E-state index >= 15 is 0 Å². The van der Waals surface area contributed by atoms with E-state index in [4.69, 9.17) is 5.73 Å². The molecule has 0 spiro atoms. The number of halogens is 2. The Balaban J connectivity index is 2.20. The number of nitrogens with zero attached hydrogens (tertiary/aromatic N) is 1. The molecule has 0 aromatic heterocycles. The van der Waals surface area contributed by atoms with E-state index in [0.717, 1.165) is 12.6 Å². The predicted octanol–water partition coefficient (Wildman–Crippen LogP) is 2.78. The summed E-state index contributed by atoms with van der Waals surface area (Å²) in [6.07, 6.45) is 3.57. The number of hydrogen-bond donors (Lipinski definition) is 1. The lowest BCUT2D eigenvalue weighted by Crippen LogP contribution is -2.30. The van der Waals surface area contributed by atoms with Crippen LogP contribution in [0.3, 0.4) is 0 Å². The standard InChI is InChI=1S/C12H16F2N2/c1-16(7-8-3-2-4-8)12-10(15)6-5-9(13)11(12)14/h5-6,8H,2-4,7,15H2,1H3. The Bertz CT molecular complexity index is 389. The van der Waals surface area contributed by atoms with E-state index in [2.05, 4.69) is 0 Å². The van der Waals surface area contributed by atoms with Gasteiger partial charge in [-0.25, -0.2) is 8.78 Å². The van der Waals surface area contributed by atoms with Crippen LogP contribution in [-0.4, -0.2) is 13.6 Å². The van der Waals surface area contributed by atoms with Gasteiger partial charge in [-0.15, -0.1) is 0 Å². The number of nitrogens with two attached hydrogens (primary N) is 1. The second-order valence-corrected chi connectivity index (χ2v) is 4.48. The van der Waals surface area contributed by atoms with Gasteiger partial charge in [-0.05, 0) is 30.9 Å². The summed E-state index contributed by atoms with van der Waals surface area (Å²) in [4.78, 5) is 1.72. The van der Waals surface area contributed by atoms with Gasteiger partial charge in [0.1, 0.15) is 0 Å². The molecular weight excluding hydrogens is 210 g/mol. The van der Waals surface area contributed by atoms with Crippen LogP contribution in [0.2, 0.25) is 0 Å². The summed E-state index contributed by atoms with van der Waals surface area (Å²) in [5.74, 6) is -1.10. The van der Waals surface area contributed by atoms with Gasteiger partial charge in [0.2, 0.25) is 0 Å². The molecule has 1 saturated carbocycles. The van der Waals surface area contributed by atoms with Gasteiger partial charge in [0.15, 0.2) is 11.6 Å². The summed E-state index contributed by atoms with van der Waals surface area (Å²) < 4.78 is 26.7. The molecule has 88 valence electrons. The fourth-order valence-electron chi connectivity index (χ4n) is 2.10. The Labute approximate surface area is 94.0 Å². The Morgan fingerprint density at radius 3 is 2.62 bits per heavy atom. The second-order valence-electron chi connectivity index (χ2n) is 4.48. The summed E-state index contributed by atoms with van der Waals surface area (Å²) in [6.45, 7) is 0.741. The second kappa shape index (κ2) is 4.28. The van der Waals surface area contributed by atoms with Crippen molar-refractivity contribution in [3.05, 3.63) is 23.8 Å². The maximum atomic E-state index is 13.6. The molecule has 0 amide bonds. The molecule has 2 N–H and O–H groups in total. The molecule has 1 aliphatic rings. The topological polar surface area (TPSA) is 29.3 Å². The molecule has 16 heavy (non-hydrogen) atoms. The molecule has 2 nitrogen and oxygen atoms in total. The maximum Gasteiger partial charge on any atom is 0.184 e. The number of benzene rings is 1. The lowest BCUT2D eigenvalue weighted by atomic mass is 9.85. The van der Waals surface area contributed by atoms with Gasteiger partial charge in [0.25, 0.3) is 0 Å². The summed E-state index contributed by atoms with van der Waals surface area (Å²) >= 11 is 0. The van der Waals surface area contributed by atoms with Crippen LogP contribution in [0.15, 0.2) is 12.1 Å². The number of nitrogen functional groups attached to an aromatic ring is 1. The van der Waals surface area contributed by atoms with Crippen LogP contribution < -0.4 is 10.6 Å². The molecule has 0 aliphatic heterocycles. The summed E-state index contributed by atoms with van der Waals surface area (Å²) in [7, 11) is 1.76. The van der Waals surface area contributed by atoms with Gasteiger partial charge in [-0.1, -0.05) is 6.42 Å². The van der Waals surface area contributed by atoms with Crippen LogP contribution in [0.4, 0.5) is 20.2 Å². The SMILES string of the molecule is CN(CC1CCC1)c1c(N)ccc(F)c1F. The molecule has 0 saturated heterocycles. The van der Waals surface area contributed by atoms with Crippen molar-refractivity contribution >= 4 is 11.4 Å². The van der Waals surface area contributed by atoms with Crippen LogP contribution >= 0.6 is 0 Å². The molecule has 0 atom stereocenters. The Morgan fingerprint density at radius 1 is 1.38 bits per heavy atom. The van der Waals surface area contributed by atoms with Crippen molar-refractivity contribution in [1.29, 1.82) is 0 Å². The number of anilines is 2. The third-order valence-electron chi connectivity index (χ3n) is 3.24. The quantitative estimate of drug-likeness (QED) is 0.803. The summed E-state index contributed by atoms with van der Waals surface area (Å²) in [5, 5.41) is 0. The van der Waals surface area contributed by atoms with Crippen molar-refractivity contribution in [2.24, 2.45) is 5.92 Å². The molecule has 1 fully saturated rings. The Hall–Kier alpha value is -1.32. The minimum Gasteiger partial charge on any atom is -0.397 e. The van der Waals surface area contributed by atoms with Crippen LogP contribution in [0, 0.1) is 17.6 Å². The average molecular weight is 226 g/mol. The third kappa shape index (κ3) is 1.96. The highest BCUT2D eigenvalue weighted by Gasteiger charge is 2.22. The molecule has 0 unspecified atom stereocenters. The van der Waals surface area contributed by atoms with Gasteiger partial charge in [0, 0.05) is 13.6 Å². The van der Waals surface area contributed by atoms with Gasteiger partial charge in [0.05, 0.1) is 11.4 Å². The zero-order chi connectivity index (χ0) is 11.7. The first kappa shape index (κ1) is 11.2. The summed E-state index contributed by atoms with van der Waals surface area (Å²) in [5.41, 5.74) is 6.16. The van der Waals surface area contributed by atoms with Gasteiger partial charge >= 0.3 is 0 Å². The fraction of sp³-hybridized carbons (Fsp3) is 0.500. The average Bonchev–Trinajstić information content (AvgIpc) is 2.18. The first-order chi connectivity index (χ1) is 7.59. The minimum absolute atomic E-state index is 0.187. The first-order valence-electron chi connectivity index (χ1n) is 5.54. The van der Waals surface area contributed by atoms with Gasteiger partial charge in [-0.3, -0.25) is 0 Å². The molecule has 1 aromatic carbocycles. The summed E-state index contributed by atoms with van der Waals surface area (Å²) in [6, 6.07) is 2.47. The van der Waals surface area contributed by atoms with Crippen molar-refractivity contribution in [1.82, 2.24) is 0 Å². The van der Waals surface area contributed by atoms with Crippen molar-refractivity contribution in [2.45, 2.75) is 19.3 Å². The largest absolute Gasteiger partial charge is 0.397 e. The first-order valence-corrected chi connectivity index (χ1v) is 5.54. The minimum atomic E-state index is -0.846. The van der Waals surface area contributed by atoms with Crippen LogP contribution in [0.1, 0.15) is 19.3 Å². The molecule has 4 heteroatoms. The van der Waals surface area contributed by atoms with Crippen molar-refractivity contribution in [3.8, 4) is 0 Å². The van der Waals surface area contributed by atoms with Crippen molar-refractivity contribution < 1.29 is 8.78 Å². The van der Waals surface area contributed by atoms with E-state index in [0.29, 0.717) is 11.6 Å². The smallest absolute Gasteiger partial charge is 0.184 e. The lowest BCUT2D eigenvalue weighted by molar-refractivity contribution is 0.320. The monoisotopic (exact) mass is 226 g/mol. The molecule has 0 bridgehead atoms. The number of hydrogen-bond acceptors (Lipinski definition) is 2.